The van der Waals surface area contributed by atoms with Crippen molar-refractivity contribution in [2.24, 2.45) is 7.05 Å². The van der Waals surface area contributed by atoms with Crippen LogP contribution in [0.25, 0.3) is 22.2 Å². The monoisotopic (exact) mass is 324 g/mol. The number of pyridine rings is 1. The first kappa shape index (κ1) is 16.0. The number of nitrogen functional groups attached to an aromatic ring is 1. The molecule has 124 valence electrons. The molecule has 6 heteroatoms. The smallest absolute Gasteiger partial charge is 0.360 e. The van der Waals surface area contributed by atoms with Crippen LogP contribution in [0.3, 0.4) is 0 Å². The van der Waals surface area contributed by atoms with Gasteiger partial charge in [0.05, 0.1) is 5.39 Å². The van der Waals surface area contributed by atoms with Crippen LogP contribution in [0.2, 0.25) is 0 Å². The van der Waals surface area contributed by atoms with Gasteiger partial charge >= 0.3 is 5.97 Å². The summed E-state index contributed by atoms with van der Waals surface area (Å²) >= 11 is 0. The van der Waals surface area contributed by atoms with Crippen LogP contribution < -0.4 is 5.73 Å². The third-order valence-electron chi connectivity index (χ3n) is 3.54. The molecule has 0 radical (unpaired) electrons. The van der Waals surface area contributed by atoms with E-state index in [1.165, 1.54) is 0 Å². The Morgan fingerprint density at radius 1 is 1.17 bits per heavy atom. The largest absolute Gasteiger partial charge is 0.455 e. The third-order valence-corrected chi connectivity index (χ3v) is 3.54. The van der Waals surface area contributed by atoms with Gasteiger partial charge in [0.1, 0.15) is 5.60 Å². The molecule has 0 atom stereocenters. The Morgan fingerprint density at radius 2 is 1.83 bits per heavy atom. The Bertz CT molecular complexity index is 905. The van der Waals surface area contributed by atoms with E-state index in [0.717, 1.165) is 11.1 Å². The van der Waals surface area contributed by atoms with Crippen molar-refractivity contribution in [2.75, 3.05) is 5.73 Å². The lowest BCUT2D eigenvalue weighted by Crippen LogP contribution is -2.24. The fourth-order valence-electron chi connectivity index (χ4n) is 2.55. The zero-order valence-electron chi connectivity index (χ0n) is 14.2. The molecule has 0 saturated heterocycles. The highest BCUT2D eigenvalue weighted by Gasteiger charge is 2.25. The van der Waals surface area contributed by atoms with Crippen LogP contribution in [-0.2, 0) is 11.8 Å². The van der Waals surface area contributed by atoms with Crippen molar-refractivity contribution in [3.05, 3.63) is 42.2 Å². The van der Waals surface area contributed by atoms with Gasteiger partial charge in [-0.25, -0.2) is 14.5 Å². The van der Waals surface area contributed by atoms with E-state index in [1.807, 2.05) is 51.1 Å². The summed E-state index contributed by atoms with van der Waals surface area (Å²) < 4.78 is 7.09. The minimum atomic E-state index is -0.593. The number of carbonyl (C=O) groups is 1. The summed E-state index contributed by atoms with van der Waals surface area (Å²) in [5.74, 6) is -0.460. The summed E-state index contributed by atoms with van der Waals surface area (Å²) in [6.07, 6.45) is 1.70. The number of esters is 1. The second-order valence-electron chi connectivity index (χ2n) is 6.65. The normalized spacial score (nSPS) is 11.7. The second-order valence-corrected chi connectivity index (χ2v) is 6.65. The van der Waals surface area contributed by atoms with Crippen LogP contribution in [-0.4, -0.2) is 26.3 Å². The van der Waals surface area contributed by atoms with Gasteiger partial charge in [0, 0.05) is 18.9 Å². The van der Waals surface area contributed by atoms with E-state index in [9.17, 15) is 4.79 Å². The molecule has 3 rings (SSSR count). The fourth-order valence-corrected chi connectivity index (χ4v) is 2.55. The maximum absolute atomic E-state index is 12.6. The summed E-state index contributed by atoms with van der Waals surface area (Å²) in [7, 11) is 1.76. The van der Waals surface area contributed by atoms with Crippen molar-refractivity contribution in [1.82, 2.24) is 14.8 Å². The van der Waals surface area contributed by atoms with Gasteiger partial charge in [0.25, 0.3) is 0 Å². The molecule has 0 unspecified atom stereocenters. The van der Waals surface area contributed by atoms with E-state index in [0.29, 0.717) is 16.7 Å². The lowest BCUT2D eigenvalue weighted by Gasteiger charge is -2.18. The molecule has 0 aliphatic carbocycles. The van der Waals surface area contributed by atoms with Gasteiger partial charge in [-0.3, -0.25) is 0 Å². The number of nitrogens with zero attached hydrogens (tertiary/aromatic N) is 3. The molecule has 2 heterocycles. The highest BCUT2D eigenvalue weighted by molar-refractivity contribution is 6.07. The van der Waals surface area contributed by atoms with Crippen molar-refractivity contribution in [2.45, 2.75) is 26.4 Å². The predicted octanol–water partition coefficient (Wildman–Crippen LogP) is 3.17. The van der Waals surface area contributed by atoms with Gasteiger partial charge in [0.15, 0.2) is 11.3 Å². The van der Waals surface area contributed by atoms with Gasteiger partial charge in [-0.1, -0.05) is 12.1 Å². The number of carbonyl (C=O) groups excluding carboxylic acids is 1. The Balaban J connectivity index is 2.21. The molecule has 0 spiro atoms. The van der Waals surface area contributed by atoms with Crippen molar-refractivity contribution in [3.8, 4) is 11.1 Å². The molecule has 6 nitrogen and oxygen atoms in total. The van der Waals surface area contributed by atoms with E-state index in [2.05, 4.69) is 10.1 Å². The summed E-state index contributed by atoms with van der Waals surface area (Å²) in [5, 5.41) is 5.01. The van der Waals surface area contributed by atoms with E-state index >= 15 is 0 Å². The molecule has 24 heavy (non-hydrogen) atoms. The third kappa shape index (κ3) is 2.95. The first-order valence-electron chi connectivity index (χ1n) is 7.67. The lowest BCUT2D eigenvalue weighted by atomic mass is 10.0. The van der Waals surface area contributed by atoms with Crippen LogP contribution in [0.15, 0.2) is 36.5 Å². The lowest BCUT2D eigenvalue weighted by molar-refractivity contribution is 0.00643. The average Bonchev–Trinajstić information content (AvgIpc) is 2.84. The molecule has 0 aliphatic heterocycles. The minimum Gasteiger partial charge on any atom is -0.455 e. The standard InChI is InChI=1S/C18H20N4O2/c1-18(2,3)24-17(23)15-14-13(11-5-7-12(19)8-6-11)9-10-20-16(14)22(4)21-15/h5-10H,19H2,1-4H3. The Labute approximate surface area is 140 Å². The van der Waals surface area contributed by atoms with Crippen LogP contribution in [0, 0.1) is 0 Å². The van der Waals surface area contributed by atoms with Crippen molar-refractivity contribution >= 4 is 22.7 Å². The molecule has 1 aromatic carbocycles. The minimum absolute atomic E-state index is 0.266. The van der Waals surface area contributed by atoms with E-state index < -0.39 is 11.6 Å². The predicted molar refractivity (Wildman–Crippen MR) is 93.5 cm³/mol. The first-order valence-corrected chi connectivity index (χ1v) is 7.67. The Kier molecular flexibility index (Phi) is 3.75. The first-order chi connectivity index (χ1) is 11.3. The molecule has 0 aliphatic rings. The number of aryl methyl sites for hydroxylation is 1. The molecule has 2 N–H and O–H groups in total. The quantitative estimate of drug-likeness (QED) is 0.578. The number of hydrogen-bond acceptors (Lipinski definition) is 5. The summed E-state index contributed by atoms with van der Waals surface area (Å²) in [6, 6.07) is 9.34. The van der Waals surface area contributed by atoms with Crippen LogP contribution in [0.1, 0.15) is 31.3 Å². The molecule has 0 fully saturated rings. The van der Waals surface area contributed by atoms with E-state index in [1.54, 1.807) is 17.9 Å². The number of ether oxygens (including phenoxy) is 1. The van der Waals surface area contributed by atoms with Crippen molar-refractivity contribution in [3.63, 3.8) is 0 Å². The number of nitrogens with two attached hydrogens (primary N) is 1. The number of benzene rings is 1. The highest BCUT2D eigenvalue weighted by atomic mass is 16.6. The number of anilines is 1. The number of fused-ring (bicyclic) bond motifs is 1. The van der Waals surface area contributed by atoms with Crippen LogP contribution in [0.4, 0.5) is 5.69 Å². The summed E-state index contributed by atoms with van der Waals surface area (Å²) in [4.78, 5) is 16.9. The van der Waals surface area contributed by atoms with Crippen molar-refractivity contribution < 1.29 is 9.53 Å². The summed E-state index contributed by atoms with van der Waals surface area (Å²) in [6.45, 7) is 5.49. The van der Waals surface area contributed by atoms with Gasteiger partial charge in [0.2, 0.25) is 0 Å². The van der Waals surface area contributed by atoms with Gasteiger partial charge in [-0.05, 0) is 50.1 Å². The summed E-state index contributed by atoms with van der Waals surface area (Å²) in [5.41, 5.74) is 8.56. The Morgan fingerprint density at radius 3 is 2.46 bits per heavy atom. The van der Waals surface area contributed by atoms with Crippen LogP contribution >= 0.6 is 0 Å². The van der Waals surface area contributed by atoms with Crippen molar-refractivity contribution in [1.29, 1.82) is 0 Å². The fraction of sp³-hybridized carbons (Fsp3) is 0.278. The maximum Gasteiger partial charge on any atom is 0.360 e. The van der Waals surface area contributed by atoms with Gasteiger partial charge in [-0.2, -0.15) is 5.10 Å². The van der Waals surface area contributed by atoms with E-state index in [-0.39, 0.29) is 5.69 Å². The molecule has 0 saturated carbocycles. The molecule has 0 amide bonds. The Hall–Kier alpha value is -2.89. The molecule has 0 bridgehead atoms. The number of aromatic nitrogens is 3. The van der Waals surface area contributed by atoms with E-state index in [4.69, 9.17) is 10.5 Å². The molecular formula is C18H20N4O2. The average molecular weight is 324 g/mol. The molecular weight excluding hydrogens is 304 g/mol. The highest BCUT2D eigenvalue weighted by Crippen LogP contribution is 2.31. The SMILES string of the molecule is Cn1nc(C(=O)OC(C)(C)C)c2c(-c3ccc(N)cc3)ccnc21. The maximum atomic E-state index is 12.6. The topological polar surface area (TPSA) is 83.0 Å². The zero-order chi connectivity index (χ0) is 17.5. The van der Waals surface area contributed by atoms with Gasteiger partial charge < -0.3 is 10.5 Å². The number of rotatable bonds is 2. The molecule has 2 aromatic heterocycles. The zero-order valence-corrected chi connectivity index (χ0v) is 14.2. The van der Waals surface area contributed by atoms with Gasteiger partial charge in [-0.15, -0.1) is 0 Å². The molecule has 3 aromatic rings. The van der Waals surface area contributed by atoms with Crippen LogP contribution in [0.5, 0.6) is 0 Å². The number of hydrogen-bond donors (Lipinski definition) is 1. The second kappa shape index (κ2) is 5.63.